The number of hydrogen-bond donors (Lipinski definition) is 1. The molecule has 0 bridgehead atoms. The van der Waals surface area contributed by atoms with Gasteiger partial charge in [0.25, 0.3) is 0 Å². The number of halogens is 1. The van der Waals surface area contributed by atoms with Crippen molar-refractivity contribution in [2.24, 2.45) is 0 Å². The smallest absolute Gasteiger partial charge is 0.313 e. The van der Waals surface area contributed by atoms with E-state index in [4.69, 9.17) is 9.52 Å². The predicted octanol–water partition coefficient (Wildman–Crippen LogP) is 2.54. The summed E-state index contributed by atoms with van der Waals surface area (Å²) in [5.41, 5.74) is 0.858. The van der Waals surface area contributed by atoms with Gasteiger partial charge >= 0.3 is 5.97 Å². The summed E-state index contributed by atoms with van der Waals surface area (Å²) >= 11 is 3.14. The third kappa shape index (κ3) is 1.69. The second-order valence-electron chi connectivity index (χ2n) is 2.66. The summed E-state index contributed by atoms with van der Waals surface area (Å²) in [7, 11) is 0. The average molecular weight is 233 g/mol. The molecule has 12 heavy (non-hydrogen) atoms. The minimum atomic E-state index is -0.875. The van der Waals surface area contributed by atoms with Crippen molar-refractivity contribution in [1.29, 1.82) is 0 Å². The zero-order valence-corrected chi connectivity index (χ0v) is 8.38. The van der Waals surface area contributed by atoms with Crippen LogP contribution >= 0.6 is 15.9 Å². The third-order valence-corrected chi connectivity index (χ3v) is 2.08. The first-order valence-electron chi connectivity index (χ1n) is 3.51. The molecule has 0 aromatic carbocycles. The summed E-state index contributed by atoms with van der Waals surface area (Å²) < 4.78 is 5.75. The lowest BCUT2D eigenvalue weighted by atomic mass is 10.1. The molecular formula is C8H9BrO3. The fourth-order valence-corrected chi connectivity index (χ4v) is 1.52. The van der Waals surface area contributed by atoms with E-state index in [2.05, 4.69) is 15.9 Å². The number of rotatable bonds is 2. The highest BCUT2D eigenvalue weighted by Crippen LogP contribution is 2.26. The van der Waals surface area contributed by atoms with Gasteiger partial charge in [-0.05, 0) is 41.4 Å². The van der Waals surface area contributed by atoms with Crippen LogP contribution in [0, 0.1) is 6.92 Å². The van der Waals surface area contributed by atoms with Crippen LogP contribution in [0.25, 0.3) is 0 Å². The molecule has 0 aliphatic heterocycles. The van der Waals surface area contributed by atoms with Crippen molar-refractivity contribution in [3.63, 3.8) is 0 Å². The summed E-state index contributed by atoms with van der Waals surface area (Å²) in [6.45, 7) is 3.42. The van der Waals surface area contributed by atoms with Crippen molar-refractivity contribution in [2.75, 3.05) is 0 Å². The monoisotopic (exact) mass is 232 g/mol. The molecular weight excluding hydrogens is 224 g/mol. The van der Waals surface area contributed by atoms with Crippen molar-refractivity contribution in [3.8, 4) is 0 Å². The van der Waals surface area contributed by atoms with Gasteiger partial charge in [0, 0.05) is 0 Å². The molecule has 1 heterocycles. The Hall–Kier alpha value is -0.770. The number of carboxylic acid groups (broad SMARTS) is 1. The SMILES string of the molecule is Cc1cc(Br)oc1C(C)C(=O)O. The molecule has 0 saturated heterocycles. The first-order valence-corrected chi connectivity index (χ1v) is 4.30. The molecule has 1 aromatic heterocycles. The molecule has 0 aliphatic rings. The van der Waals surface area contributed by atoms with Crippen LogP contribution in [0.15, 0.2) is 15.2 Å². The van der Waals surface area contributed by atoms with Crippen LogP contribution in [0.4, 0.5) is 0 Å². The third-order valence-electron chi connectivity index (χ3n) is 1.69. The maximum Gasteiger partial charge on any atom is 0.313 e. The van der Waals surface area contributed by atoms with E-state index in [-0.39, 0.29) is 0 Å². The maximum absolute atomic E-state index is 10.6. The maximum atomic E-state index is 10.6. The zero-order chi connectivity index (χ0) is 9.30. The standard InChI is InChI=1S/C8H9BrO3/c1-4-3-6(9)12-7(4)5(2)8(10)11/h3,5H,1-2H3,(H,10,11). The van der Waals surface area contributed by atoms with Gasteiger partial charge in [-0.25, -0.2) is 0 Å². The van der Waals surface area contributed by atoms with Gasteiger partial charge in [-0.2, -0.15) is 0 Å². The topological polar surface area (TPSA) is 50.4 Å². The molecule has 3 nitrogen and oxygen atoms in total. The Morgan fingerprint density at radius 1 is 1.75 bits per heavy atom. The fraction of sp³-hybridized carbons (Fsp3) is 0.375. The summed E-state index contributed by atoms with van der Waals surface area (Å²) in [5.74, 6) is -0.953. The van der Waals surface area contributed by atoms with Crippen molar-refractivity contribution < 1.29 is 14.3 Å². The molecule has 0 spiro atoms. The molecule has 0 amide bonds. The van der Waals surface area contributed by atoms with E-state index in [9.17, 15) is 4.79 Å². The lowest BCUT2D eigenvalue weighted by molar-refractivity contribution is -0.138. The molecule has 0 saturated carbocycles. The van der Waals surface area contributed by atoms with Crippen molar-refractivity contribution in [1.82, 2.24) is 0 Å². The van der Waals surface area contributed by atoms with Crippen molar-refractivity contribution in [3.05, 3.63) is 22.1 Å². The van der Waals surface area contributed by atoms with Crippen LogP contribution < -0.4 is 0 Å². The second kappa shape index (κ2) is 3.31. The Balaban J connectivity index is 3.02. The van der Waals surface area contributed by atoms with Gasteiger partial charge in [-0.15, -0.1) is 0 Å². The molecule has 0 radical (unpaired) electrons. The highest BCUT2D eigenvalue weighted by Gasteiger charge is 2.20. The van der Waals surface area contributed by atoms with Crippen molar-refractivity contribution in [2.45, 2.75) is 19.8 Å². The molecule has 66 valence electrons. The highest BCUT2D eigenvalue weighted by atomic mass is 79.9. The van der Waals surface area contributed by atoms with Crippen LogP contribution in [-0.4, -0.2) is 11.1 Å². The lowest BCUT2D eigenvalue weighted by Gasteiger charge is -2.02. The van der Waals surface area contributed by atoms with E-state index in [0.717, 1.165) is 5.56 Å². The van der Waals surface area contributed by atoms with Crippen LogP contribution in [0.1, 0.15) is 24.2 Å². The number of furan rings is 1. The molecule has 0 fully saturated rings. The van der Waals surface area contributed by atoms with Crippen LogP contribution in [0.2, 0.25) is 0 Å². The Labute approximate surface area is 78.5 Å². The average Bonchev–Trinajstić information content (AvgIpc) is 2.28. The largest absolute Gasteiger partial charge is 0.481 e. The Morgan fingerprint density at radius 2 is 2.33 bits per heavy atom. The fourth-order valence-electron chi connectivity index (χ4n) is 0.998. The minimum absolute atomic E-state index is 0.509. The van der Waals surface area contributed by atoms with Crippen molar-refractivity contribution >= 4 is 21.9 Å². The zero-order valence-electron chi connectivity index (χ0n) is 6.80. The van der Waals surface area contributed by atoms with E-state index in [1.54, 1.807) is 13.0 Å². The lowest BCUT2D eigenvalue weighted by Crippen LogP contribution is -2.07. The quantitative estimate of drug-likeness (QED) is 0.853. The first kappa shape index (κ1) is 9.32. The Kier molecular flexibility index (Phi) is 2.57. The van der Waals surface area contributed by atoms with Gasteiger partial charge in [-0.3, -0.25) is 4.79 Å². The normalized spacial score (nSPS) is 12.9. The van der Waals surface area contributed by atoms with Gasteiger partial charge in [0.2, 0.25) is 0 Å². The Bertz CT molecular complexity index is 303. The molecule has 1 aromatic rings. The van der Waals surface area contributed by atoms with E-state index in [1.165, 1.54) is 0 Å². The van der Waals surface area contributed by atoms with Gasteiger partial charge in [0.05, 0.1) is 0 Å². The van der Waals surface area contributed by atoms with Crippen LogP contribution in [0.5, 0.6) is 0 Å². The summed E-state index contributed by atoms with van der Waals surface area (Å²) in [4.78, 5) is 10.6. The summed E-state index contributed by atoms with van der Waals surface area (Å²) in [6, 6.07) is 1.76. The highest BCUT2D eigenvalue weighted by molar-refractivity contribution is 9.10. The summed E-state index contributed by atoms with van der Waals surface area (Å²) in [6.07, 6.45) is 0. The molecule has 0 aliphatic carbocycles. The number of carbonyl (C=O) groups is 1. The number of aryl methyl sites for hydroxylation is 1. The van der Waals surface area contributed by atoms with Crippen LogP contribution in [-0.2, 0) is 4.79 Å². The van der Waals surface area contributed by atoms with E-state index in [0.29, 0.717) is 10.4 Å². The summed E-state index contributed by atoms with van der Waals surface area (Å²) in [5, 5.41) is 8.69. The number of carboxylic acids is 1. The van der Waals surface area contributed by atoms with E-state index < -0.39 is 11.9 Å². The number of hydrogen-bond acceptors (Lipinski definition) is 2. The molecule has 1 rings (SSSR count). The molecule has 4 heteroatoms. The molecule has 1 atom stereocenters. The molecule has 1 unspecified atom stereocenters. The van der Waals surface area contributed by atoms with Gasteiger partial charge in [0.15, 0.2) is 4.67 Å². The van der Waals surface area contributed by atoms with Gasteiger partial charge < -0.3 is 9.52 Å². The predicted molar refractivity (Wildman–Crippen MR) is 47.2 cm³/mol. The Morgan fingerprint density at radius 3 is 2.67 bits per heavy atom. The van der Waals surface area contributed by atoms with Gasteiger partial charge in [0.1, 0.15) is 11.7 Å². The van der Waals surface area contributed by atoms with Crippen LogP contribution in [0.3, 0.4) is 0 Å². The van der Waals surface area contributed by atoms with E-state index >= 15 is 0 Å². The number of aliphatic carboxylic acids is 1. The van der Waals surface area contributed by atoms with Gasteiger partial charge in [-0.1, -0.05) is 0 Å². The second-order valence-corrected chi connectivity index (χ2v) is 3.44. The first-order chi connectivity index (χ1) is 5.52. The van der Waals surface area contributed by atoms with E-state index in [1.807, 2.05) is 6.92 Å². The molecule has 1 N–H and O–H groups in total. The minimum Gasteiger partial charge on any atom is -0.481 e.